The number of para-hydroxylation sites is 4. The van der Waals surface area contributed by atoms with Crippen LogP contribution in [0.2, 0.25) is 10.0 Å². The molecule has 0 saturated carbocycles. The molecule has 4 saturated heterocycles. The summed E-state index contributed by atoms with van der Waals surface area (Å²) >= 11 is 12.8. The second-order valence-electron chi connectivity index (χ2n) is 16.0. The van der Waals surface area contributed by atoms with Crippen LogP contribution in [0.25, 0.3) is 0 Å². The predicted molar refractivity (Wildman–Crippen MR) is 238 cm³/mol. The largest absolute Gasteiger partial charge is 0.495 e. The van der Waals surface area contributed by atoms with Crippen LogP contribution >= 0.6 is 23.2 Å². The second-order valence-corrected chi connectivity index (χ2v) is 16.8. The van der Waals surface area contributed by atoms with Gasteiger partial charge in [0.05, 0.1) is 37.7 Å². The molecule has 8 rings (SSSR count). The van der Waals surface area contributed by atoms with Crippen LogP contribution in [0, 0.1) is 5.92 Å². The van der Waals surface area contributed by atoms with Crippen LogP contribution in [-0.4, -0.2) is 114 Å². The molecule has 62 heavy (non-hydrogen) atoms. The molecule has 15 heteroatoms. The van der Waals surface area contributed by atoms with Crippen LogP contribution in [0.4, 0.5) is 16.2 Å². The molecule has 4 aromatic carbocycles. The number of amides is 3. The number of hydrogen-bond acceptors (Lipinski definition) is 8. The molecule has 0 bridgehead atoms. The highest BCUT2D eigenvalue weighted by molar-refractivity contribution is 6.31. The number of nitrogens with zero attached hydrogens (tertiary/aromatic N) is 5. The monoisotopic (exact) mass is 885 g/mol. The zero-order valence-corrected chi connectivity index (χ0v) is 36.5. The molecule has 4 atom stereocenters. The Bertz CT molecular complexity index is 2070. The van der Waals surface area contributed by atoms with E-state index in [1.807, 2.05) is 84.9 Å². The maximum Gasteiger partial charge on any atom is 0.326 e. The first-order chi connectivity index (χ1) is 30.0. The smallest absolute Gasteiger partial charge is 0.326 e. The number of carbonyl (C=O) groups excluding carboxylic acids is 2. The van der Waals surface area contributed by atoms with Crippen LogP contribution in [0.1, 0.15) is 61.7 Å². The maximum absolute atomic E-state index is 13.6. The van der Waals surface area contributed by atoms with Gasteiger partial charge in [-0.15, -0.1) is 0 Å². The Morgan fingerprint density at radius 1 is 0.532 bits per heavy atom. The van der Waals surface area contributed by atoms with E-state index in [1.165, 1.54) is 4.90 Å². The average Bonchev–Trinajstić information content (AvgIpc) is 3.95. The van der Waals surface area contributed by atoms with Crippen molar-refractivity contribution in [3.05, 3.63) is 118 Å². The van der Waals surface area contributed by atoms with E-state index in [0.717, 1.165) is 47.1 Å². The van der Waals surface area contributed by atoms with Gasteiger partial charge in [-0.2, -0.15) is 0 Å². The van der Waals surface area contributed by atoms with Crippen molar-refractivity contribution in [2.24, 2.45) is 5.92 Å². The zero-order valence-electron chi connectivity index (χ0n) is 34.9. The molecule has 4 heterocycles. The van der Waals surface area contributed by atoms with Crippen LogP contribution in [0.3, 0.4) is 0 Å². The van der Waals surface area contributed by atoms with E-state index in [1.54, 1.807) is 36.2 Å². The molecular formula is C47H53Cl2N5O8. The lowest BCUT2D eigenvalue weighted by molar-refractivity contribution is -0.152. The lowest BCUT2D eigenvalue weighted by Gasteiger charge is -2.40. The molecule has 3 amide bonds. The van der Waals surface area contributed by atoms with Crippen molar-refractivity contribution in [3.63, 3.8) is 0 Å². The van der Waals surface area contributed by atoms with E-state index in [-0.39, 0.29) is 29.9 Å². The summed E-state index contributed by atoms with van der Waals surface area (Å²) in [5, 5.41) is 20.6. The van der Waals surface area contributed by atoms with Crippen LogP contribution in [0.5, 0.6) is 11.5 Å². The lowest BCUT2D eigenvalue weighted by atomic mass is 9.93. The zero-order chi connectivity index (χ0) is 43.9. The Balaban J connectivity index is 0.000000186. The first-order valence-electron chi connectivity index (χ1n) is 21.1. The number of urea groups is 1. The average molecular weight is 887 g/mol. The van der Waals surface area contributed by atoms with Crippen molar-refractivity contribution >= 4 is 58.5 Å². The number of carbonyl (C=O) groups is 4. The summed E-state index contributed by atoms with van der Waals surface area (Å²) in [6.45, 7) is 3.76. The van der Waals surface area contributed by atoms with Crippen molar-refractivity contribution in [2.75, 3.05) is 63.3 Å². The Hall–Kier alpha value is -5.66. The van der Waals surface area contributed by atoms with E-state index in [9.17, 15) is 29.4 Å². The summed E-state index contributed by atoms with van der Waals surface area (Å²) in [7, 11) is 3.30. The van der Waals surface area contributed by atoms with E-state index >= 15 is 0 Å². The lowest BCUT2D eigenvalue weighted by Crippen LogP contribution is -2.55. The van der Waals surface area contributed by atoms with Crippen molar-refractivity contribution in [1.82, 2.24) is 14.7 Å². The number of hydrogen-bond donors (Lipinski definition) is 2. The van der Waals surface area contributed by atoms with Gasteiger partial charge in [0.15, 0.2) is 0 Å². The summed E-state index contributed by atoms with van der Waals surface area (Å²) in [4.78, 5) is 60.1. The predicted octanol–water partition coefficient (Wildman–Crippen LogP) is 8.26. The first-order valence-corrected chi connectivity index (χ1v) is 21.9. The van der Waals surface area contributed by atoms with E-state index < -0.39 is 24.0 Å². The fourth-order valence-corrected chi connectivity index (χ4v) is 9.97. The van der Waals surface area contributed by atoms with E-state index in [0.29, 0.717) is 74.7 Å². The van der Waals surface area contributed by atoms with Crippen molar-refractivity contribution in [3.8, 4) is 11.5 Å². The van der Waals surface area contributed by atoms with Crippen molar-refractivity contribution in [1.29, 1.82) is 0 Å². The minimum absolute atomic E-state index is 0.0745. The molecule has 13 nitrogen and oxygen atoms in total. The molecule has 0 spiro atoms. The number of anilines is 2. The topological polar surface area (TPSA) is 143 Å². The molecule has 4 fully saturated rings. The normalized spacial score (nSPS) is 21.6. The number of rotatable bonds is 9. The Morgan fingerprint density at radius 3 is 1.42 bits per heavy atom. The number of carboxylic acids is 2. The molecule has 4 aliphatic heterocycles. The molecular weight excluding hydrogens is 833 g/mol. The molecule has 4 aliphatic rings. The van der Waals surface area contributed by atoms with Gasteiger partial charge in [0, 0.05) is 55.2 Å². The van der Waals surface area contributed by atoms with Gasteiger partial charge in [-0.1, -0.05) is 83.9 Å². The number of piperazine rings is 1. The Labute approximate surface area is 372 Å². The van der Waals surface area contributed by atoms with E-state index in [2.05, 4.69) is 9.80 Å². The van der Waals surface area contributed by atoms with Crippen LogP contribution in [-0.2, 0) is 14.4 Å². The third kappa shape index (κ3) is 9.39. The molecule has 0 unspecified atom stereocenters. The molecule has 328 valence electrons. The van der Waals surface area contributed by atoms with E-state index in [4.69, 9.17) is 32.7 Å². The summed E-state index contributed by atoms with van der Waals surface area (Å²) < 4.78 is 10.9. The number of halogens is 2. The SMILES string of the molecule is COc1ccccc1N1CCC(C(=O)N2[C@@H](c3ccccc3Cl)CC[C@H]2C(=O)O)CC1.COc1ccccc1N1CCN(C(=O)N2[C@@H](c3ccccc3Cl)CC[C@H]2C(=O)O)CC1. The minimum Gasteiger partial charge on any atom is -0.495 e. The van der Waals surface area contributed by atoms with Gasteiger partial charge in [-0.05, 0) is 86.1 Å². The molecule has 0 aliphatic carbocycles. The third-order valence-electron chi connectivity index (χ3n) is 12.6. The summed E-state index contributed by atoms with van der Waals surface area (Å²) in [5.41, 5.74) is 3.65. The summed E-state index contributed by atoms with van der Waals surface area (Å²) in [6.07, 6.45) is 3.39. The van der Waals surface area contributed by atoms with Gasteiger partial charge in [0.25, 0.3) is 0 Å². The molecule has 2 N–H and O–H groups in total. The summed E-state index contributed by atoms with van der Waals surface area (Å²) in [6, 6.07) is 27.9. The van der Waals surface area contributed by atoms with Crippen molar-refractivity contribution in [2.45, 2.75) is 62.7 Å². The molecule has 0 aromatic heterocycles. The fraction of sp³-hybridized carbons (Fsp3) is 0.404. The number of carboxylic acid groups (broad SMARTS) is 2. The second kappa shape index (κ2) is 20.0. The van der Waals surface area contributed by atoms with Gasteiger partial charge in [-0.25, -0.2) is 14.4 Å². The van der Waals surface area contributed by atoms with Crippen LogP contribution < -0.4 is 19.3 Å². The standard InChI is InChI=1S/C24H27ClN2O4.C23H26ClN3O4/c1-31-22-9-5-4-8-20(22)26-14-12-16(13-15-26)23(28)27-19(10-11-21(27)24(29)30)17-6-2-3-7-18(17)25;1-31-21-9-5-4-8-19(21)25-12-14-26(15-13-25)23(30)27-18(10-11-20(27)22(28)29)16-6-2-3-7-17(16)24/h2-9,16,19,21H,10-15H2,1H3,(H,29,30);2-9,18,20H,10-15H2,1H3,(H,28,29)/t19-,21+;18-,20+/m11/s1. The van der Waals surface area contributed by atoms with Crippen LogP contribution in [0.15, 0.2) is 97.1 Å². The number of piperidine rings is 1. The molecule has 0 radical (unpaired) electrons. The number of likely N-dealkylation sites (tertiary alicyclic amines) is 2. The third-order valence-corrected chi connectivity index (χ3v) is 13.3. The van der Waals surface area contributed by atoms with Gasteiger partial charge < -0.3 is 44.2 Å². The number of benzene rings is 4. The first kappa shape index (κ1) is 44.4. The maximum atomic E-state index is 13.6. The Morgan fingerprint density at radius 2 is 0.952 bits per heavy atom. The minimum atomic E-state index is -0.976. The summed E-state index contributed by atoms with van der Waals surface area (Å²) in [5.74, 6) is -0.585. The van der Waals surface area contributed by atoms with Gasteiger partial charge in [0.2, 0.25) is 5.91 Å². The fourth-order valence-electron chi connectivity index (χ4n) is 9.44. The highest BCUT2D eigenvalue weighted by atomic mass is 35.5. The number of aliphatic carboxylic acids is 2. The Kier molecular flexibility index (Phi) is 14.3. The number of methoxy groups -OCH3 is 2. The highest BCUT2D eigenvalue weighted by Crippen LogP contribution is 2.43. The van der Waals surface area contributed by atoms with Gasteiger partial charge in [0.1, 0.15) is 23.6 Å². The van der Waals surface area contributed by atoms with Gasteiger partial charge in [-0.3, -0.25) is 4.79 Å². The quantitative estimate of drug-likeness (QED) is 0.169. The van der Waals surface area contributed by atoms with Crippen molar-refractivity contribution < 1.29 is 38.9 Å². The number of ether oxygens (including phenoxy) is 2. The van der Waals surface area contributed by atoms with Gasteiger partial charge >= 0.3 is 18.0 Å². The molecule has 4 aromatic rings. The highest BCUT2D eigenvalue weighted by Gasteiger charge is 2.46.